The lowest BCUT2D eigenvalue weighted by Crippen LogP contribution is -2.33. The van der Waals surface area contributed by atoms with E-state index in [1.807, 2.05) is 0 Å². The van der Waals surface area contributed by atoms with E-state index in [1.54, 1.807) is 6.92 Å². The maximum Gasteiger partial charge on any atom is 0.416 e. The molecule has 0 amide bonds. The lowest BCUT2D eigenvalue weighted by molar-refractivity contribution is -0.137. The summed E-state index contributed by atoms with van der Waals surface area (Å²) in [7, 11) is 0. The highest BCUT2D eigenvalue weighted by Crippen LogP contribution is 2.36. The summed E-state index contributed by atoms with van der Waals surface area (Å²) in [5.74, 6) is -0.356. The van der Waals surface area contributed by atoms with Gasteiger partial charge in [0.25, 0.3) is 0 Å². The molecule has 0 spiro atoms. The summed E-state index contributed by atoms with van der Waals surface area (Å²) in [5, 5.41) is 33.5. The lowest BCUT2D eigenvalue weighted by Gasteiger charge is -2.16. The van der Waals surface area contributed by atoms with E-state index in [2.05, 4.69) is 25.8 Å². The van der Waals surface area contributed by atoms with Crippen molar-refractivity contribution in [1.82, 2.24) is 20.5 Å². The van der Waals surface area contributed by atoms with Crippen molar-refractivity contribution in [2.45, 2.75) is 25.2 Å². The number of hydrogen-bond donors (Lipinski definition) is 4. The number of aromatic nitrogens is 3. The third kappa shape index (κ3) is 4.14. The van der Waals surface area contributed by atoms with Crippen molar-refractivity contribution < 1.29 is 23.4 Å². The Balaban J connectivity index is 0.00000243. The van der Waals surface area contributed by atoms with Crippen LogP contribution in [-0.2, 0) is 6.18 Å². The molecule has 142 valence electrons. The average molecular weight is 392 g/mol. The van der Waals surface area contributed by atoms with E-state index in [1.165, 1.54) is 0 Å². The molecule has 4 N–H and O–H groups in total. The minimum absolute atomic E-state index is 0. The second-order valence-corrected chi connectivity index (χ2v) is 5.78. The van der Waals surface area contributed by atoms with Crippen LogP contribution in [0.5, 0.6) is 5.75 Å². The van der Waals surface area contributed by atoms with Gasteiger partial charge in [0.2, 0.25) is 5.95 Å². The van der Waals surface area contributed by atoms with E-state index in [4.69, 9.17) is 0 Å². The number of aliphatic hydroxyl groups excluding tert-OH is 1. The fourth-order valence-corrected chi connectivity index (χ4v) is 2.60. The topological polar surface area (TPSA) is 103 Å². The number of alkyl halides is 3. The highest BCUT2D eigenvalue weighted by atomic mass is 35.5. The molecular formula is C15H17ClF3N5O2. The highest BCUT2D eigenvalue weighted by Gasteiger charge is 2.31. The zero-order chi connectivity index (χ0) is 18.2. The molecule has 2 aromatic rings. The third-order valence-corrected chi connectivity index (χ3v) is 3.94. The van der Waals surface area contributed by atoms with Crippen molar-refractivity contribution in [3.8, 4) is 17.0 Å². The first kappa shape index (κ1) is 20.1. The van der Waals surface area contributed by atoms with E-state index in [0.717, 1.165) is 12.1 Å². The molecule has 11 heteroatoms. The van der Waals surface area contributed by atoms with E-state index in [0.29, 0.717) is 24.8 Å². The number of hydrogen-bond acceptors (Lipinski definition) is 7. The van der Waals surface area contributed by atoms with Crippen molar-refractivity contribution in [3.63, 3.8) is 0 Å². The van der Waals surface area contributed by atoms with E-state index in [9.17, 15) is 23.4 Å². The Morgan fingerprint density at radius 1 is 1.23 bits per heavy atom. The van der Waals surface area contributed by atoms with Crippen LogP contribution in [0.2, 0.25) is 0 Å². The van der Waals surface area contributed by atoms with Crippen LogP contribution in [-0.4, -0.2) is 50.6 Å². The summed E-state index contributed by atoms with van der Waals surface area (Å²) in [5.41, 5.74) is -0.275. The number of rotatable bonds is 3. The molecule has 1 aromatic carbocycles. The normalized spacial score (nSPS) is 19.9. The molecule has 1 fully saturated rings. The van der Waals surface area contributed by atoms with Gasteiger partial charge in [-0.05, 0) is 25.1 Å². The largest absolute Gasteiger partial charge is 0.507 e. The summed E-state index contributed by atoms with van der Waals surface area (Å²) in [6.07, 6.45) is -5.12. The predicted octanol–water partition coefficient (Wildman–Crippen LogP) is 1.74. The number of halogens is 4. The van der Waals surface area contributed by atoms with Crippen LogP contribution in [0.15, 0.2) is 18.2 Å². The first-order valence-electron chi connectivity index (χ1n) is 7.53. The molecule has 2 atom stereocenters. The number of nitrogens with zero attached hydrogens (tertiary/aromatic N) is 3. The van der Waals surface area contributed by atoms with Crippen LogP contribution in [0.3, 0.4) is 0 Å². The van der Waals surface area contributed by atoms with Crippen molar-refractivity contribution in [1.29, 1.82) is 0 Å². The second kappa shape index (κ2) is 7.60. The van der Waals surface area contributed by atoms with Gasteiger partial charge in [0.15, 0.2) is 0 Å². The summed E-state index contributed by atoms with van der Waals surface area (Å²) < 4.78 is 38.0. The Kier molecular flexibility index (Phi) is 5.89. The molecule has 0 radical (unpaired) electrons. The molecule has 0 bridgehead atoms. The van der Waals surface area contributed by atoms with Crippen LogP contribution in [0.25, 0.3) is 11.3 Å². The number of phenolic OH excluding ortho intramolecular Hbond substituents is 1. The zero-order valence-corrected chi connectivity index (χ0v) is 14.4. The van der Waals surface area contributed by atoms with Gasteiger partial charge in [-0.1, -0.05) is 0 Å². The number of aryl methyl sites for hydroxylation is 1. The monoisotopic (exact) mass is 391 g/mol. The molecule has 0 unspecified atom stereocenters. The maximum absolute atomic E-state index is 12.7. The quantitative estimate of drug-likeness (QED) is 0.632. The number of nitrogens with one attached hydrogen (secondary N) is 2. The molecule has 1 aliphatic rings. The minimum atomic E-state index is -4.54. The number of aliphatic hydroxyl groups is 1. The van der Waals surface area contributed by atoms with Gasteiger partial charge in [-0.3, -0.25) is 0 Å². The summed E-state index contributed by atoms with van der Waals surface area (Å²) in [4.78, 5) is 4.20. The van der Waals surface area contributed by atoms with Crippen molar-refractivity contribution >= 4 is 18.4 Å². The molecular weight excluding hydrogens is 375 g/mol. The van der Waals surface area contributed by atoms with E-state index in [-0.39, 0.29) is 35.7 Å². The van der Waals surface area contributed by atoms with E-state index < -0.39 is 23.6 Å². The molecule has 0 aliphatic carbocycles. The number of β-amino-alcohol motifs (C(OH)–C–C–N with tert-alkyl or cyclic N) is 1. The first-order valence-corrected chi connectivity index (χ1v) is 7.53. The van der Waals surface area contributed by atoms with Gasteiger partial charge in [0, 0.05) is 18.7 Å². The number of benzene rings is 1. The predicted molar refractivity (Wildman–Crippen MR) is 90.2 cm³/mol. The summed E-state index contributed by atoms with van der Waals surface area (Å²) in [6, 6.07) is 2.38. The Morgan fingerprint density at radius 2 is 1.96 bits per heavy atom. The molecule has 1 saturated heterocycles. The number of phenols is 1. The minimum Gasteiger partial charge on any atom is -0.507 e. The van der Waals surface area contributed by atoms with Crippen LogP contribution in [0.4, 0.5) is 19.1 Å². The fourth-order valence-electron chi connectivity index (χ4n) is 2.60. The van der Waals surface area contributed by atoms with Crippen molar-refractivity contribution in [2.24, 2.45) is 0 Å². The SMILES string of the molecule is Cc1nc(N[C@@H]2CNC[C@H]2O)nnc1-c1ccc(C(F)(F)F)cc1O.Cl. The summed E-state index contributed by atoms with van der Waals surface area (Å²) >= 11 is 0. The zero-order valence-electron chi connectivity index (χ0n) is 13.6. The third-order valence-electron chi connectivity index (χ3n) is 3.94. The standard InChI is InChI=1S/C15H16F3N5O2.ClH/c1-7-13(9-3-2-8(4-11(9)24)15(16,17)18)22-23-14(20-7)21-10-5-19-6-12(10)25;/h2-4,10,12,19,24-25H,5-6H2,1H3,(H,20,21,23);1H/t10-,12-;/m1./s1. The molecule has 26 heavy (non-hydrogen) atoms. The molecule has 3 rings (SSSR count). The molecule has 0 saturated carbocycles. The van der Waals surface area contributed by atoms with Gasteiger partial charge < -0.3 is 20.8 Å². The smallest absolute Gasteiger partial charge is 0.416 e. The Bertz CT molecular complexity index is 790. The van der Waals surface area contributed by atoms with Crippen LogP contribution >= 0.6 is 12.4 Å². The Morgan fingerprint density at radius 3 is 2.50 bits per heavy atom. The molecule has 1 aliphatic heterocycles. The van der Waals surface area contributed by atoms with Gasteiger partial charge in [-0.15, -0.1) is 22.6 Å². The second-order valence-electron chi connectivity index (χ2n) is 5.78. The maximum atomic E-state index is 12.7. The molecule has 7 nitrogen and oxygen atoms in total. The van der Waals surface area contributed by atoms with Crippen LogP contribution < -0.4 is 10.6 Å². The highest BCUT2D eigenvalue weighted by molar-refractivity contribution is 5.85. The van der Waals surface area contributed by atoms with Crippen molar-refractivity contribution in [2.75, 3.05) is 18.4 Å². The molecule has 1 aromatic heterocycles. The number of anilines is 1. The van der Waals surface area contributed by atoms with Crippen molar-refractivity contribution in [3.05, 3.63) is 29.5 Å². The Hall–Kier alpha value is -2.17. The number of aromatic hydroxyl groups is 1. The van der Waals surface area contributed by atoms with Crippen LogP contribution in [0, 0.1) is 6.92 Å². The lowest BCUT2D eigenvalue weighted by atomic mass is 10.1. The van der Waals surface area contributed by atoms with Gasteiger partial charge in [-0.2, -0.15) is 13.2 Å². The average Bonchev–Trinajstić information content (AvgIpc) is 2.92. The molecule has 2 heterocycles. The van der Waals surface area contributed by atoms with Crippen LogP contribution in [0.1, 0.15) is 11.3 Å². The fraction of sp³-hybridized carbons (Fsp3) is 0.400. The van der Waals surface area contributed by atoms with Gasteiger partial charge >= 0.3 is 6.18 Å². The van der Waals surface area contributed by atoms with Gasteiger partial charge in [0.1, 0.15) is 11.4 Å². The Labute approximate surface area is 153 Å². The summed E-state index contributed by atoms with van der Waals surface area (Å²) in [6.45, 7) is 2.61. The first-order chi connectivity index (χ1) is 11.8. The van der Waals surface area contributed by atoms with Gasteiger partial charge in [-0.25, -0.2) is 4.98 Å². The van der Waals surface area contributed by atoms with E-state index >= 15 is 0 Å². The van der Waals surface area contributed by atoms with Gasteiger partial charge in [0.05, 0.1) is 23.4 Å².